The smallest absolute Gasteiger partial charge is 0.123 e. The fraction of sp³-hybridized carbons (Fsp3) is 0.351. The van der Waals surface area contributed by atoms with Gasteiger partial charge in [-0.15, -0.1) is 0 Å². The van der Waals surface area contributed by atoms with Crippen molar-refractivity contribution in [3.05, 3.63) is 136 Å². The Morgan fingerprint density at radius 1 is 0.700 bits per heavy atom. The molecular formula is C37H44N2O. The summed E-state index contributed by atoms with van der Waals surface area (Å²) in [6.07, 6.45) is 0. The summed E-state index contributed by atoms with van der Waals surface area (Å²) >= 11 is 0. The van der Waals surface area contributed by atoms with Gasteiger partial charge in [0.15, 0.2) is 0 Å². The molecule has 0 saturated heterocycles. The predicted molar refractivity (Wildman–Crippen MR) is 166 cm³/mol. The lowest BCUT2D eigenvalue weighted by Crippen LogP contribution is -2.36. The topological polar surface area (TPSA) is 35.5 Å². The summed E-state index contributed by atoms with van der Waals surface area (Å²) < 4.78 is 0. The van der Waals surface area contributed by atoms with Gasteiger partial charge in [0.1, 0.15) is 5.75 Å². The van der Waals surface area contributed by atoms with E-state index in [0.29, 0.717) is 12.3 Å². The Hall–Kier alpha value is -3.40. The lowest BCUT2D eigenvalue weighted by atomic mass is 9.79. The van der Waals surface area contributed by atoms with Crippen LogP contribution in [-0.2, 0) is 30.5 Å². The third-order valence-corrected chi connectivity index (χ3v) is 8.25. The second-order valence-electron chi connectivity index (χ2n) is 13.3. The van der Waals surface area contributed by atoms with Crippen molar-refractivity contribution in [1.82, 2.24) is 10.2 Å². The fourth-order valence-electron chi connectivity index (χ4n) is 5.95. The lowest BCUT2D eigenvalue weighted by molar-refractivity contribution is 0.155. The Morgan fingerprint density at radius 3 is 1.75 bits per heavy atom. The number of hydrogen-bond acceptors (Lipinski definition) is 3. The number of phenolic OH excluding ortho intramolecular Hbond substituents is 1. The Balaban J connectivity index is 1.56. The van der Waals surface area contributed by atoms with Crippen molar-refractivity contribution in [2.24, 2.45) is 0 Å². The SMILES string of the molecule is CC(C)(C)c1cc(CN[C@H](c2ccccc2)[C@@H](c2ccccc2)N2Cc3ccccc3C2)c(O)c(C(C)(C)C)c1. The third-order valence-electron chi connectivity index (χ3n) is 8.25. The molecule has 0 amide bonds. The molecule has 2 atom stereocenters. The highest BCUT2D eigenvalue weighted by Gasteiger charge is 2.34. The predicted octanol–water partition coefficient (Wildman–Crippen LogP) is 8.58. The highest BCUT2D eigenvalue weighted by molar-refractivity contribution is 5.49. The molecule has 40 heavy (non-hydrogen) atoms. The van der Waals surface area contributed by atoms with Crippen molar-refractivity contribution in [3.8, 4) is 5.75 Å². The minimum Gasteiger partial charge on any atom is -0.507 e. The van der Waals surface area contributed by atoms with Crippen LogP contribution in [0.1, 0.15) is 92.6 Å². The van der Waals surface area contributed by atoms with Crippen molar-refractivity contribution in [3.63, 3.8) is 0 Å². The van der Waals surface area contributed by atoms with E-state index in [1.54, 1.807) is 0 Å². The van der Waals surface area contributed by atoms with Crippen molar-refractivity contribution in [1.29, 1.82) is 0 Å². The molecule has 0 spiro atoms. The standard InChI is InChI=1S/C37H44N2O/c1-36(2,3)31-21-30(35(40)32(22-31)37(4,5)6)23-38-33(26-15-9-7-10-16-26)34(27-17-11-8-12-18-27)39-24-28-19-13-14-20-29(28)25-39/h7-22,33-34,38,40H,23-25H2,1-6H3/t33-,34-/m1/s1. The first-order chi connectivity index (χ1) is 19.0. The second-order valence-corrected chi connectivity index (χ2v) is 13.3. The summed E-state index contributed by atoms with van der Waals surface area (Å²) in [4.78, 5) is 2.59. The monoisotopic (exact) mass is 532 g/mol. The van der Waals surface area contributed by atoms with Gasteiger partial charge in [-0.2, -0.15) is 0 Å². The van der Waals surface area contributed by atoms with E-state index in [1.165, 1.54) is 27.8 Å². The van der Waals surface area contributed by atoms with Crippen LogP contribution in [0.5, 0.6) is 5.75 Å². The van der Waals surface area contributed by atoms with Crippen molar-refractivity contribution in [2.75, 3.05) is 0 Å². The fourth-order valence-corrected chi connectivity index (χ4v) is 5.95. The number of hydrogen-bond donors (Lipinski definition) is 2. The van der Waals surface area contributed by atoms with Crippen LogP contribution < -0.4 is 5.32 Å². The quantitative estimate of drug-likeness (QED) is 0.250. The summed E-state index contributed by atoms with van der Waals surface area (Å²) in [5.74, 6) is 0.407. The van der Waals surface area contributed by atoms with E-state index < -0.39 is 0 Å². The molecule has 3 heteroatoms. The van der Waals surface area contributed by atoms with Gasteiger partial charge in [-0.1, -0.05) is 139 Å². The van der Waals surface area contributed by atoms with E-state index in [-0.39, 0.29) is 22.9 Å². The first-order valence-electron chi connectivity index (χ1n) is 14.5. The van der Waals surface area contributed by atoms with Gasteiger partial charge in [0.2, 0.25) is 0 Å². The molecule has 0 bridgehead atoms. The molecule has 0 fully saturated rings. The van der Waals surface area contributed by atoms with Gasteiger partial charge < -0.3 is 10.4 Å². The summed E-state index contributed by atoms with van der Waals surface area (Å²) in [7, 11) is 0. The maximum Gasteiger partial charge on any atom is 0.123 e. The van der Waals surface area contributed by atoms with Crippen LogP contribution in [0.3, 0.4) is 0 Å². The van der Waals surface area contributed by atoms with Crippen molar-refractivity contribution < 1.29 is 5.11 Å². The first kappa shape index (κ1) is 28.1. The van der Waals surface area contributed by atoms with E-state index in [1.807, 2.05) is 0 Å². The number of benzene rings is 4. The maximum absolute atomic E-state index is 11.5. The van der Waals surface area contributed by atoms with Gasteiger partial charge in [0.05, 0.1) is 12.1 Å². The van der Waals surface area contributed by atoms with Crippen LogP contribution >= 0.6 is 0 Å². The molecule has 1 heterocycles. The molecule has 0 unspecified atom stereocenters. The van der Waals surface area contributed by atoms with Crippen LogP contribution in [-0.4, -0.2) is 10.0 Å². The van der Waals surface area contributed by atoms with Crippen LogP contribution in [0, 0.1) is 0 Å². The van der Waals surface area contributed by atoms with Crippen molar-refractivity contribution >= 4 is 0 Å². The molecule has 1 aliphatic rings. The van der Waals surface area contributed by atoms with Gasteiger partial charge in [0.25, 0.3) is 0 Å². The van der Waals surface area contributed by atoms with Gasteiger partial charge in [0, 0.05) is 25.2 Å². The summed E-state index contributed by atoms with van der Waals surface area (Å²) in [6.45, 7) is 15.7. The highest BCUT2D eigenvalue weighted by atomic mass is 16.3. The molecule has 4 aromatic carbocycles. The number of phenols is 1. The summed E-state index contributed by atoms with van der Waals surface area (Å²) in [5, 5.41) is 15.5. The molecule has 0 radical (unpaired) electrons. The zero-order valence-corrected chi connectivity index (χ0v) is 24.9. The molecule has 3 nitrogen and oxygen atoms in total. The Labute approximate surface area is 240 Å². The lowest BCUT2D eigenvalue weighted by Gasteiger charge is -2.36. The Kier molecular flexibility index (Phi) is 7.90. The zero-order valence-electron chi connectivity index (χ0n) is 24.9. The van der Waals surface area contributed by atoms with Gasteiger partial charge >= 0.3 is 0 Å². The normalized spacial score (nSPS) is 15.6. The van der Waals surface area contributed by atoms with E-state index in [9.17, 15) is 5.11 Å². The van der Waals surface area contributed by atoms with Gasteiger partial charge in [-0.25, -0.2) is 0 Å². The average molecular weight is 533 g/mol. The Morgan fingerprint density at radius 2 is 1.23 bits per heavy atom. The summed E-state index contributed by atoms with van der Waals surface area (Å²) in [5.41, 5.74) is 8.37. The molecule has 1 aliphatic heterocycles. The maximum atomic E-state index is 11.5. The molecule has 2 N–H and O–H groups in total. The zero-order chi connectivity index (χ0) is 28.5. The van der Waals surface area contributed by atoms with Crippen LogP contribution in [0.25, 0.3) is 0 Å². The second kappa shape index (κ2) is 11.2. The van der Waals surface area contributed by atoms with Crippen molar-refractivity contribution in [2.45, 2.75) is 84.1 Å². The molecule has 4 aromatic rings. The van der Waals surface area contributed by atoms with E-state index in [0.717, 1.165) is 24.2 Å². The highest BCUT2D eigenvalue weighted by Crippen LogP contribution is 2.41. The average Bonchev–Trinajstić information content (AvgIpc) is 3.35. The number of rotatable bonds is 7. The van der Waals surface area contributed by atoms with E-state index in [2.05, 4.69) is 149 Å². The number of nitrogens with zero attached hydrogens (tertiary/aromatic N) is 1. The molecule has 0 saturated carbocycles. The van der Waals surface area contributed by atoms with Gasteiger partial charge in [-0.3, -0.25) is 4.90 Å². The van der Waals surface area contributed by atoms with Gasteiger partial charge in [-0.05, 0) is 44.2 Å². The molecule has 0 aliphatic carbocycles. The molecule has 208 valence electrons. The Bertz CT molecular complexity index is 1410. The molecule has 0 aromatic heterocycles. The van der Waals surface area contributed by atoms with Crippen LogP contribution in [0.15, 0.2) is 97.1 Å². The number of nitrogens with one attached hydrogen (secondary N) is 1. The minimum atomic E-state index is -0.160. The van der Waals surface area contributed by atoms with E-state index >= 15 is 0 Å². The van der Waals surface area contributed by atoms with Crippen LogP contribution in [0.2, 0.25) is 0 Å². The number of fused-ring (bicyclic) bond motifs is 1. The van der Waals surface area contributed by atoms with Crippen LogP contribution in [0.4, 0.5) is 0 Å². The number of aromatic hydroxyl groups is 1. The summed E-state index contributed by atoms with van der Waals surface area (Å²) in [6, 6.07) is 35.0. The largest absolute Gasteiger partial charge is 0.507 e. The molecular weight excluding hydrogens is 488 g/mol. The third kappa shape index (κ3) is 6.01. The molecule has 5 rings (SSSR count). The first-order valence-corrected chi connectivity index (χ1v) is 14.5. The minimum absolute atomic E-state index is 0.0187. The van der Waals surface area contributed by atoms with E-state index in [4.69, 9.17) is 0 Å².